The Labute approximate surface area is 142 Å². The van der Waals surface area contributed by atoms with Crippen molar-refractivity contribution in [2.45, 2.75) is 38.3 Å². The second kappa shape index (κ2) is 7.08. The second-order valence-electron chi connectivity index (χ2n) is 5.48. The van der Waals surface area contributed by atoms with Crippen LogP contribution in [-0.4, -0.2) is 29.5 Å². The Morgan fingerprint density at radius 1 is 1.55 bits per heavy atom. The molecule has 0 bridgehead atoms. The molecule has 4 nitrogen and oxygen atoms in total. The molecule has 0 aliphatic carbocycles. The van der Waals surface area contributed by atoms with Gasteiger partial charge in [0, 0.05) is 17.5 Å². The molecule has 2 aromatic rings. The molecule has 1 amide bonds. The summed E-state index contributed by atoms with van der Waals surface area (Å²) in [4.78, 5) is 17.8. The summed E-state index contributed by atoms with van der Waals surface area (Å²) < 4.78 is 0.753. The minimum atomic E-state index is 0.0432. The number of hydrogen-bond acceptors (Lipinski definition) is 5. The van der Waals surface area contributed by atoms with Crippen LogP contribution in [0.15, 0.2) is 17.5 Å². The number of hydrogen-bond donors (Lipinski definition) is 2. The molecule has 3 heterocycles. The third-order valence-corrected chi connectivity index (χ3v) is 6.08. The number of halogens is 1. The van der Waals surface area contributed by atoms with Gasteiger partial charge in [-0.15, -0.1) is 22.7 Å². The van der Waals surface area contributed by atoms with Crippen LogP contribution < -0.4 is 10.6 Å². The highest BCUT2D eigenvalue weighted by Crippen LogP contribution is 2.32. The molecule has 1 saturated heterocycles. The summed E-state index contributed by atoms with van der Waals surface area (Å²) in [6.45, 7) is 3.15. The molecule has 118 valence electrons. The lowest BCUT2D eigenvalue weighted by Crippen LogP contribution is -2.52. The smallest absolute Gasteiger partial charge is 0.226 e. The predicted molar refractivity (Wildman–Crippen MR) is 92.8 cm³/mol. The van der Waals surface area contributed by atoms with Gasteiger partial charge in [0.1, 0.15) is 5.01 Å². The van der Waals surface area contributed by atoms with Crippen molar-refractivity contribution in [3.63, 3.8) is 0 Å². The predicted octanol–water partition coefficient (Wildman–Crippen LogP) is 3.32. The summed E-state index contributed by atoms with van der Waals surface area (Å²) in [5.74, 6) is 0.0432. The first-order valence-corrected chi connectivity index (χ1v) is 9.42. The van der Waals surface area contributed by atoms with Crippen molar-refractivity contribution < 1.29 is 4.79 Å². The number of nitrogens with zero attached hydrogens (tertiary/aromatic N) is 1. The van der Waals surface area contributed by atoms with Gasteiger partial charge < -0.3 is 10.6 Å². The van der Waals surface area contributed by atoms with E-state index in [1.165, 1.54) is 11.3 Å². The van der Waals surface area contributed by atoms with Gasteiger partial charge in [-0.25, -0.2) is 4.98 Å². The third-order valence-electron chi connectivity index (χ3n) is 3.79. The number of rotatable bonds is 4. The molecule has 2 unspecified atom stereocenters. The van der Waals surface area contributed by atoms with Gasteiger partial charge in [0.15, 0.2) is 0 Å². The van der Waals surface area contributed by atoms with Crippen LogP contribution in [0.25, 0.3) is 9.88 Å². The van der Waals surface area contributed by atoms with Crippen LogP contribution in [0, 0.1) is 0 Å². The van der Waals surface area contributed by atoms with Crippen LogP contribution in [0.4, 0.5) is 0 Å². The number of nitrogens with one attached hydrogen (secondary N) is 2. The number of thiophene rings is 1. The topological polar surface area (TPSA) is 54.0 Å². The van der Waals surface area contributed by atoms with Gasteiger partial charge in [0.05, 0.1) is 21.3 Å². The van der Waals surface area contributed by atoms with Crippen molar-refractivity contribution in [1.82, 2.24) is 15.6 Å². The number of amides is 1. The molecule has 2 atom stereocenters. The van der Waals surface area contributed by atoms with Gasteiger partial charge in [0.25, 0.3) is 0 Å². The van der Waals surface area contributed by atoms with E-state index in [2.05, 4.69) is 22.5 Å². The van der Waals surface area contributed by atoms with E-state index in [1.807, 2.05) is 17.5 Å². The quantitative estimate of drug-likeness (QED) is 0.884. The van der Waals surface area contributed by atoms with Crippen molar-refractivity contribution >= 4 is 40.2 Å². The molecule has 2 aromatic heterocycles. The van der Waals surface area contributed by atoms with E-state index in [1.54, 1.807) is 11.3 Å². The molecule has 22 heavy (non-hydrogen) atoms. The normalized spacial score (nSPS) is 21.7. The van der Waals surface area contributed by atoms with Crippen LogP contribution in [0.5, 0.6) is 0 Å². The largest absolute Gasteiger partial charge is 0.351 e. The van der Waals surface area contributed by atoms with E-state index in [4.69, 9.17) is 11.6 Å². The van der Waals surface area contributed by atoms with E-state index < -0.39 is 0 Å². The summed E-state index contributed by atoms with van der Waals surface area (Å²) in [7, 11) is 0. The molecule has 1 fully saturated rings. The molecule has 2 N–H and O–H groups in total. The van der Waals surface area contributed by atoms with Gasteiger partial charge in [-0.1, -0.05) is 11.6 Å². The summed E-state index contributed by atoms with van der Waals surface area (Å²) in [6.07, 6.45) is 2.48. The molecule has 3 rings (SSSR count). The van der Waals surface area contributed by atoms with Crippen molar-refractivity contribution in [2.75, 3.05) is 6.54 Å². The zero-order valence-corrected chi connectivity index (χ0v) is 14.7. The summed E-state index contributed by atoms with van der Waals surface area (Å²) >= 11 is 9.01. The van der Waals surface area contributed by atoms with Gasteiger partial charge in [-0.2, -0.15) is 0 Å². The molecule has 0 radical (unpaired) electrons. The highest BCUT2D eigenvalue weighted by Gasteiger charge is 2.22. The zero-order chi connectivity index (χ0) is 15.5. The van der Waals surface area contributed by atoms with Crippen molar-refractivity contribution in [3.05, 3.63) is 27.5 Å². The highest BCUT2D eigenvalue weighted by molar-refractivity contribution is 7.23. The minimum Gasteiger partial charge on any atom is -0.351 e. The first-order chi connectivity index (χ1) is 10.6. The second-order valence-corrected chi connectivity index (χ2v) is 8.06. The number of carbonyl (C=O) groups excluding carboxylic acids is 1. The van der Waals surface area contributed by atoms with Crippen LogP contribution in [-0.2, 0) is 11.2 Å². The Bertz CT molecular complexity index is 655. The zero-order valence-electron chi connectivity index (χ0n) is 12.3. The van der Waals surface area contributed by atoms with E-state index in [9.17, 15) is 4.79 Å². The van der Waals surface area contributed by atoms with E-state index in [-0.39, 0.29) is 11.9 Å². The summed E-state index contributed by atoms with van der Waals surface area (Å²) in [6, 6.07) is 4.38. The first kappa shape index (κ1) is 15.9. The summed E-state index contributed by atoms with van der Waals surface area (Å²) in [5, 5.41) is 9.38. The SMILES string of the molecule is CC1NCCCC1NC(=O)Cc1csc(-c2ccc(Cl)s2)n1. The maximum atomic E-state index is 12.2. The van der Waals surface area contributed by atoms with Crippen LogP contribution in [0.3, 0.4) is 0 Å². The summed E-state index contributed by atoms with van der Waals surface area (Å²) in [5.41, 5.74) is 0.818. The van der Waals surface area contributed by atoms with Crippen LogP contribution >= 0.6 is 34.3 Å². The third kappa shape index (κ3) is 3.87. The number of aromatic nitrogens is 1. The molecule has 7 heteroatoms. The van der Waals surface area contributed by atoms with Gasteiger partial charge in [-0.3, -0.25) is 4.79 Å². The van der Waals surface area contributed by atoms with Crippen molar-refractivity contribution in [2.24, 2.45) is 0 Å². The monoisotopic (exact) mass is 355 g/mol. The Hall–Kier alpha value is -0.950. The van der Waals surface area contributed by atoms with E-state index >= 15 is 0 Å². The molecule has 1 aliphatic rings. The Morgan fingerprint density at radius 2 is 2.41 bits per heavy atom. The lowest BCUT2D eigenvalue weighted by atomic mass is 10.00. The average Bonchev–Trinajstić information content (AvgIpc) is 3.10. The minimum absolute atomic E-state index is 0.0432. The van der Waals surface area contributed by atoms with Gasteiger partial charge >= 0.3 is 0 Å². The van der Waals surface area contributed by atoms with Crippen LogP contribution in [0.2, 0.25) is 4.34 Å². The molecule has 0 saturated carbocycles. The average molecular weight is 356 g/mol. The van der Waals surface area contributed by atoms with Crippen LogP contribution in [0.1, 0.15) is 25.5 Å². The molecule has 0 spiro atoms. The maximum Gasteiger partial charge on any atom is 0.226 e. The van der Waals surface area contributed by atoms with Crippen molar-refractivity contribution in [1.29, 1.82) is 0 Å². The standard InChI is InChI=1S/C15H18ClN3OS2/c1-9-11(3-2-6-17-9)19-14(20)7-10-8-21-15(18-10)12-4-5-13(16)22-12/h4-5,8-9,11,17H,2-3,6-7H2,1H3,(H,19,20). The number of carbonyl (C=O) groups is 1. The number of piperidine rings is 1. The molecular weight excluding hydrogens is 338 g/mol. The fraction of sp³-hybridized carbons (Fsp3) is 0.467. The lowest BCUT2D eigenvalue weighted by molar-refractivity contribution is -0.121. The molecule has 0 aromatic carbocycles. The molecule has 1 aliphatic heterocycles. The number of thiazole rings is 1. The fourth-order valence-electron chi connectivity index (χ4n) is 2.59. The van der Waals surface area contributed by atoms with E-state index in [0.29, 0.717) is 12.5 Å². The fourth-order valence-corrected chi connectivity index (χ4v) is 4.53. The van der Waals surface area contributed by atoms with Gasteiger partial charge in [-0.05, 0) is 38.4 Å². The molecular formula is C15H18ClN3OS2. The Morgan fingerprint density at radius 3 is 3.14 bits per heavy atom. The van der Waals surface area contributed by atoms with Gasteiger partial charge in [0.2, 0.25) is 5.91 Å². The van der Waals surface area contributed by atoms with Crippen molar-refractivity contribution in [3.8, 4) is 9.88 Å². The maximum absolute atomic E-state index is 12.2. The lowest BCUT2D eigenvalue weighted by Gasteiger charge is -2.30. The Balaban J connectivity index is 1.59. The Kier molecular flexibility index (Phi) is 5.13. The first-order valence-electron chi connectivity index (χ1n) is 7.34. The van der Waals surface area contributed by atoms with E-state index in [0.717, 1.165) is 39.3 Å². The highest BCUT2D eigenvalue weighted by atomic mass is 35.5.